The first kappa shape index (κ1) is 13.8. The lowest BCUT2D eigenvalue weighted by Crippen LogP contribution is -2.13. The van der Waals surface area contributed by atoms with Gasteiger partial charge in [0.05, 0.1) is 10.7 Å². The number of oxazole rings is 1. The number of oxime groups is 1. The summed E-state index contributed by atoms with van der Waals surface area (Å²) >= 11 is 7.43. The Labute approximate surface area is 119 Å². The van der Waals surface area contributed by atoms with Crippen molar-refractivity contribution >= 4 is 29.2 Å². The summed E-state index contributed by atoms with van der Waals surface area (Å²) in [5.41, 5.74) is 6.84. The molecule has 1 aromatic carbocycles. The second kappa shape index (κ2) is 5.54. The van der Waals surface area contributed by atoms with Gasteiger partial charge >= 0.3 is 0 Å². The number of nitrogens with zero attached hydrogens (tertiary/aromatic N) is 2. The van der Waals surface area contributed by atoms with Crippen LogP contribution in [-0.4, -0.2) is 16.0 Å². The molecule has 100 valence electrons. The zero-order valence-electron chi connectivity index (χ0n) is 10.3. The third kappa shape index (κ3) is 3.02. The molecule has 0 aliphatic carbocycles. The van der Waals surface area contributed by atoms with E-state index in [1.54, 1.807) is 18.2 Å². The van der Waals surface area contributed by atoms with Gasteiger partial charge in [0.25, 0.3) is 5.22 Å². The molecule has 3 N–H and O–H groups in total. The van der Waals surface area contributed by atoms with Crippen LogP contribution in [0.4, 0.5) is 0 Å². The van der Waals surface area contributed by atoms with E-state index in [1.165, 1.54) is 11.8 Å². The Kier molecular flexibility index (Phi) is 4.01. The van der Waals surface area contributed by atoms with Gasteiger partial charge in [-0.3, -0.25) is 0 Å². The van der Waals surface area contributed by atoms with Crippen molar-refractivity contribution in [2.45, 2.75) is 24.0 Å². The molecule has 19 heavy (non-hydrogen) atoms. The Morgan fingerprint density at radius 1 is 1.47 bits per heavy atom. The van der Waals surface area contributed by atoms with Gasteiger partial charge in [0.2, 0.25) is 0 Å². The molecule has 0 saturated carbocycles. The smallest absolute Gasteiger partial charge is 0.260 e. The highest BCUT2D eigenvalue weighted by atomic mass is 35.5. The molecule has 0 aliphatic heterocycles. The second-order valence-electron chi connectivity index (χ2n) is 3.85. The Balaban J connectivity index is 2.25. The van der Waals surface area contributed by atoms with Crippen LogP contribution in [0.25, 0.3) is 0 Å². The number of nitrogens with two attached hydrogens (primary N) is 1. The molecule has 7 heteroatoms. The van der Waals surface area contributed by atoms with Crippen LogP contribution in [-0.2, 0) is 0 Å². The average Bonchev–Trinajstić information content (AvgIpc) is 2.67. The van der Waals surface area contributed by atoms with E-state index in [0.29, 0.717) is 15.8 Å². The molecule has 5 nitrogen and oxygen atoms in total. The fourth-order valence-electron chi connectivity index (χ4n) is 1.41. The molecule has 1 heterocycles. The number of benzene rings is 1. The molecule has 0 unspecified atom stereocenters. The molecule has 0 radical (unpaired) electrons. The highest BCUT2D eigenvalue weighted by Gasteiger charge is 2.10. The SMILES string of the molecule is Cc1nc(Sc2ccc(/C(N)=N/O)c(Cl)c2)oc1C. The van der Waals surface area contributed by atoms with Gasteiger partial charge in [0.1, 0.15) is 5.76 Å². The lowest BCUT2D eigenvalue weighted by atomic mass is 10.2. The Hall–Kier alpha value is -1.66. The summed E-state index contributed by atoms with van der Waals surface area (Å²) in [6, 6.07) is 5.20. The van der Waals surface area contributed by atoms with E-state index < -0.39 is 0 Å². The maximum Gasteiger partial charge on any atom is 0.260 e. The van der Waals surface area contributed by atoms with Gasteiger partial charge < -0.3 is 15.4 Å². The zero-order chi connectivity index (χ0) is 14.0. The zero-order valence-corrected chi connectivity index (χ0v) is 11.9. The first-order valence-corrected chi connectivity index (χ1v) is 6.60. The number of halogens is 1. The van der Waals surface area contributed by atoms with Crippen LogP contribution in [0.2, 0.25) is 5.02 Å². The number of hydrogen-bond acceptors (Lipinski definition) is 5. The standard InChI is InChI=1S/C12H12ClN3O2S/c1-6-7(2)18-12(15-6)19-8-3-4-9(10(13)5-8)11(14)16-17/h3-5,17H,1-2H3,(H2,14,16). The number of rotatable bonds is 3. The Morgan fingerprint density at radius 3 is 2.74 bits per heavy atom. The van der Waals surface area contributed by atoms with E-state index in [1.807, 2.05) is 13.8 Å². The molecule has 0 aliphatic rings. The maximum absolute atomic E-state index is 8.62. The fraction of sp³-hybridized carbons (Fsp3) is 0.167. The highest BCUT2D eigenvalue weighted by Crippen LogP contribution is 2.31. The van der Waals surface area contributed by atoms with Gasteiger partial charge in [0.15, 0.2) is 5.84 Å². The highest BCUT2D eigenvalue weighted by molar-refractivity contribution is 7.99. The quantitative estimate of drug-likeness (QED) is 0.393. The third-order valence-corrected chi connectivity index (χ3v) is 3.69. The number of aryl methyl sites for hydroxylation is 2. The summed E-state index contributed by atoms with van der Waals surface area (Å²) in [4.78, 5) is 5.14. The third-order valence-electron chi connectivity index (χ3n) is 2.54. The topological polar surface area (TPSA) is 84.6 Å². The van der Waals surface area contributed by atoms with Gasteiger partial charge in [-0.2, -0.15) is 0 Å². The van der Waals surface area contributed by atoms with Crippen molar-refractivity contribution in [1.82, 2.24) is 4.98 Å². The molecule has 2 rings (SSSR count). The molecule has 0 spiro atoms. The minimum absolute atomic E-state index is 0.0237. The predicted octanol–water partition coefficient (Wildman–Crippen LogP) is 3.19. The molecule has 1 aromatic heterocycles. The van der Waals surface area contributed by atoms with Crippen molar-refractivity contribution in [2.75, 3.05) is 0 Å². The number of aromatic nitrogens is 1. The van der Waals surface area contributed by atoms with Crippen LogP contribution in [0, 0.1) is 13.8 Å². The minimum atomic E-state index is -0.0237. The van der Waals surface area contributed by atoms with Crippen molar-refractivity contribution in [3.63, 3.8) is 0 Å². The molecule has 0 atom stereocenters. The van der Waals surface area contributed by atoms with Gasteiger partial charge in [0, 0.05) is 10.5 Å². The van der Waals surface area contributed by atoms with E-state index in [4.69, 9.17) is 27.0 Å². The molecular weight excluding hydrogens is 286 g/mol. The summed E-state index contributed by atoms with van der Waals surface area (Å²) in [5, 5.41) is 12.5. The summed E-state index contributed by atoms with van der Waals surface area (Å²) in [6.45, 7) is 3.75. The van der Waals surface area contributed by atoms with Crippen LogP contribution in [0.3, 0.4) is 0 Å². The first-order chi connectivity index (χ1) is 9.01. The Bertz CT molecular complexity index is 620. The lowest BCUT2D eigenvalue weighted by Gasteiger charge is -2.04. The van der Waals surface area contributed by atoms with E-state index >= 15 is 0 Å². The predicted molar refractivity (Wildman–Crippen MR) is 74.1 cm³/mol. The van der Waals surface area contributed by atoms with Crippen LogP contribution >= 0.6 is 23.4 Å². The fourth-order valence-corrected chi connectivity index (χ4v) is 2.61. The van der Waals surface area contributed by atoms with E-state index in [9.17, 15) is 0 Å². The minimum Gasteiger partial charge on any atom is -0.436 e. The largest absolute Gasteiger partial charge is 0.436 e. The molecule has 0 saturated heterocycles. The van der Waals surface area contributed by atoms with Crippen molar-refractivity contribution < 1.29 is 9.62 Å². The van der Waals surface area contributed by atoms with Crippen molar-refractivity contribution in [2.24, 2.45) is 10.9 Å². The van der Waals surface area contributed by atoms with E-state index in [2.05, 4.69) is 10.1 Å². The summed E-state index contributed by atoms with van der Waals surface area (Å²) in [7, 11) is 0. The summed E-state index contributed by atoms with van der Waals surface area (Å²) in [6.07, 6.45) is 0. The molecule has 0 bridgehead atoms. The molecular formula is C12H12ClN3O2S. The lowest BCUT2D eigenvalue weighted by molar-refractivity contribution is 0.318. The maximum atomic E-state index is 8.62. The van der Waals surface area contributed by atoms with Crippen molar-refractivity contribution in [3.05, 3.63) is 40.2 Å². The molecule has 2 aromatic rings. The van der Waals surface area contributed by atoms with Gasteiger partial charge in [-0.05, 0) is 43.8 Å². The van der Waals surface area contributed by atoms with E-state index in [-0.39, 0.29) is 5.84 Å². The molecule has 0 fully saturated rings. The van der Waals surface area contributed by atoms with Gasteiger partial charge in [-0.1, -0.05) is 16.8 Å². The second-order valence-corrected chi connectivity index (χ2v) is 5.28. The number of hydrogen-bond donors (Lipinski definition) is 2. The summed E-state index contributed by atoms with van der Waals surface area (Å²) < 4.78 is 5.48. The normalized spacial score (nSPS) is 11.8. The molecule has 0 amide bonds. The summed E-state index contributed by atoms with van der Waals surface area (Å²) in [5.74, 6) is 0.770. The van der Waals surface area contributed by atoms with Gasteiger partial charge in [-0.15, -0.1) is 0 Å². The van der Waals surface area contributed by atoms with Crippen molar-refractivity contribution in [1.29, 1.82) is 0 Å². The van der Waals surface area contributed by atoms with Crippen molar-refractivity contribution in [3.8, 4) is 0 Å². The first-order valence-electron chi connectivity index (χ1n) is 5.40. The van der Waals surface area contributed by atoms with Crippen LogP contribution in [0.5, 0.6) is 0 Å². The van der Waals surface area contributed by atoms with Gasteiger partial charge in [-0.25, -0.2) is 4.98 Å². The number of amidine groups is 1. The Morgan fingerprint density at radius 2 is 2.21 bits per heavy atom. The van der Waals surface area contributed by atoms with Crippen LogP contribution in [0.15, 0.2) is 37.9 Å². The van der Waals surface area contributed by atoms with E-state index in [0.717, 1.165) is 16.3 Å². The monoisotopic (exact) mass is 297 g/mol. The van der Waals surface area contributed by atoms with Crippen LogP contribution in [0.1, 0.15) is 17.0 Å². The van der Waals surface area contributed by atoms with Crippen LogP contribution < -0.4 is 5.73 Å². The average molecular weight is 298 g/mol.